The summed E-state index contributed by atoms with van der Waals surface area (Å²) in [5, 5.41) is 11.5. The van der Waals surface area contributed by atoms with Crippen molar-refractivity contribution in [1.29, 1.82) is 0 Å². The Labute approximate surface area is 143 Å². The van der Waals surface area contributed by atoms with Gasteiger partial charge in [0.2, 0.25) is 5.88 Å². The number of fused-ring (bicyclic) bond motifs is 1. The van der Waals surface area contributed by atoms with Crippen LogP contribution in [0.5, 0.6) is 5.88 Å². The highest BCUT2D eigenvalue weighted by atomic mass is 32.1. The SMILES string of the molecule is CNC(=O)c1cc2c(OC3CCNC3)nn(-c3ccccc3)c2s1. The smallest absolute Gasteiger partial charge is 0.261 e. The lowest BCUT2D eigenvalue weighted by molar-refractivity contribution is 0.0967. The average Bonchev–Trinajstić information content (AvgIpc) is 3.33. The number of amides is 1. The van der Waals surface area contributed by atoms with Gasteiger partial charge in [-0.05, 0) is 31.2 Å². The first-order chi connectivity index (χ1) is 11.8. The molecule has 1 aliphatic heterocycles. The van der Waals surface area contributed by atoms with E-state index in [9.17, 15) is 4.79 Å². The number of nitrogens with one attached hydrogen (secondary N) is 2. The summed E-state index contributed by atoms with van der Waals surface area (Å²) in [5.74, 6) is 0.498. The molecule has 3 heterocycles. The summed E-state index contributed by atoms with van der Waals surface area (Å²) in [6.07, 6.45) is 1.09. The quantitative estimate of drug-likeness (QED) is 0.763. The van der Waals surface area contributed by atoms with E-state index in [4.69, 9.17) is 4.74 Å². The van der Waals surface area contributed by atoms with Crippen molar-refractivity contribution in [1.82, 2.24) is 20.4 Å². The van der Waals surface area contributed by atoms with Crippen LogP contribution in [0.3, 0.4) is 0 Å². The molecule has 0 radical (unpaired) electrons. The first kappa shape index (κ1) is 15.2. The van der Waals surface area contributed by atoms with Gasteiger partial charge in [0, 0.05) is 13.6 Å². The molecule has 1 aromatic carbocycles. The maximum absolute atomic E-state index is 12.0. The predicted molar refractivity (Wildman–Crippen MR) is 94.2 cm³/mol. The Kier molecular flexibility index (Phi) is 3.95. The molecule has 4 rings (SSSR count). The number of ether oxygens (including phenoxy) is 1. The van der Waals surface area contributed by atoms with Gasteiger partial charge in [-0.3, -0.25) is 4.79 Å². The molecule has 1 amide bonds. The van der Waals surface area contributed by atoms with Crippen molar-refractivity contribution in [3.8, 4) is 11.6 Å². The molecule has 1 atom stereocenters. The first-order valence-electron chi connectivity index (χ1n) is 7.93. The number of carbonyl (C=O) groups is 1. The van der Waals surface area contributed by atoms with Gasteiger partial charge >= 0.3 is 0 Å². The Bertz CT molecular complexity index is 865. The average molecular weight is 342 g/mol. The normalized spacial score (nSPS) is 17.3. The molecule has 7 heteroatoms. The van der Waals surface area contributed by atoms with E-state index in [0.29, 0.717) is 10.8 Å². The molecule has 0 bridgehead atoms. The van der Waals surface area contributed by atoms with Crippen LogP contribution in [0.25, 0.3) is 15.9 Å². The van der Waals surface area contributed by atoms with Crippen molar-refractivity contribution in [3.05, 3.63) is 41.3 Å². The number of rotatable bonds is 4. The third-order valence-corrected chi connectivity index (χ3v) is 5.18. The number of para-hydroxylation sites is 1. The third-order valence-electron chi connectivity index (χ3n) is 4.07. The number of benzene rings is 1. The lowest BCUT2D eigenvalue weighted by Gasteiger charge is -2.09. The minimum Gasteiger partial charge on any atom is -0.471 e. The zero-order valence-electron chi connectivity index (χ0n) is 13.3. The van der Waals surface area contributed by atoms with Crippen molar-refractivity contribution < 1.29 is 9.53 Å². The fourth-order valence-corrected chi connectivity index (χ4v) is 3.90. The van der Waals surface area contributed by atoms with Gasteiger partial charge in [0.05, 0.1) is 16.0 Å². The summed E-state index contributed by atoms with van der Waals surface area (Å²) in [7, 11) is 1.64. The van der Waals surface area contributed by atoms with Crippen LogP contribution in [-0.2, 0) is 0 Å². The van der Waals surface area contributed by atoms with E-state index >= 15 is 0 Å². The zero-order chi connectivity index (χ0) is 16.5. The van der Waals surface area contributed by atoms with Crippen LogP contribution in [0.2, 0.25) is 0 Å². The van der Waals surface area contributed by atoms with Crippen molar-refractivity contribution >= 4 is 27.5 Å². The molecule has 0 spiro atoms. The predicted octanol–water partition coefficient (Wildman–Crippen LogP) is 2.19. The van der Waals surface area contributed by atoms with E-state index in [1.807, 2.05) is 41.1 Å². The molecule has 1 saturated heterocycles. The lowest BCUT2D eigenvalue weighted by atomic mass is 10.3. The van der Waals surface area contributed by atoms with Crippen LogP contribution in [0.4, 0.5) is 0 Å². The fourth-order valence-electron chi connectivity index (χ4n) is 2.84. The summed E-state index contributed by atoms with van der Waals surface area (Å²) in [5.41, 5.74) is 0.951. The molecule has 24 heavy (non-hydrogen) atoms. The maximum atomic E-state index is 12.0. The van der Waals surface area contributed by atoms with E-state index in [1.165, 1.54) is 11.3 Å². The highest BCUT2D eigenvalue weighted by molar-refractivity contribution is 7.20. The Morgan fingerprint density at radius 2 is 2.25 bits per heavy atom. The van der Waals surface area contributed by atoms with Crippen LogP contribution in [0, 0.1) is 0 Å². The number of carbonyl (C=O) groups excluding carboxylic acids is 1. The summed E-state index contributed by atoms with van der Waals surface area (Å²) in [4.78, 5) is 13.6. The Morgan fingerprint density at radius 1 is 1.42 bits per heavy atom. The summed E-state index contributed by atoms with van der Waals surface area (Å²) in [6, 6.07) is 11.8. The van der Waals surface area contributed by atoms with E-state index in [-0.39, 0.29) is 12.0 Å². The van der Waals surface area contributed by atoms with Crippen molar-refractivity contribution in [2.75, 3.05) is 20.1 Å². The largest absolute Gasteiger partial charge is 0.471 e. The lowest BCUT2D eigenvalue weighted by Crippen LogP contribution is -2.20. The maximum Gasteiger partial charge on any atom is 0.261 e. The summed E-state index contributed by atoms with van der Waals surface area (Å²) >= 11 is 1.42. The number of thiophene rings is 1. The van der Waals surface area contributed by atoms with Gasteiger partial charge in [-0.2, -0.15) is 0 Å². The number of hydrogen-bond acceptors (Lipinski definition) is 5. The second kappa shape index (κ2) is 6.26. The molecule has 2 N–H and O–H groups in total. The van der Waals surface area contributed by atoms with Gasteiger partial charge in [-0.1, -0.05) is 18.2 Å². The highest BCUT2D eigenvalue weighted by Gasteiger charge is 2.23. The van der Waals surface area contributed by atoms with Crippen LogP contribution < -0.4 is 15.4 Å². The van der Waals surface area contributed by atoms with Crippen LogP contribution in [-0.4, -0.2) is 41.9 Å². The molecule has 1 aliphatic rings. The standard InChI is InChI=1S/C17H18N4O2S/c1-18-15(22)14-9-13-16(23-12-7-8-19-10-12)20-21(17(13)24-14)11-5-3-2-4-6-11/h2-6,9,12,19H,7-8,10H2,1H3,(H,18,22). The minimum atomic E-state index is -0.0932. The van der Waals surface area contributed by atoms with Gasteiger partial charge in [-0.25, -0.2) is 4.68 Å². The molecule has 6 nitrogen and oxygen atoms in total. The molecule has 2 aromatic heterocycles. The minimum absolute atomic E-state index is 0.0932. The number of hydrogen-bond donors (Lipinski definition) is 2. The number of nitrogens with zero attached hydrogens (tertiary/aromatic N) is 2. The Morgan fingerprint density at radius 3 is 2.96 bits per heavy atom. The second-order valence-electron chi connectivity index (χ2n) is 5.69. The van der Waals surface area contributed by atoms with E-state index in [0.717, 1.165) is 35.4 Å². The molecule has 3 aromatic rings. The summed E-state index contributed by atoms with van der Waals surface area (Å²) in [6.45, 7) is 1.78. The van der Waals surface area contributed by atoms with E-state index in [1.54, 1.807) is 7.05 Å². The zero-order valence-corrected chi connectivity index (χ0v) is 14.1. The molecule has 1 fully saturated rings. The van der Waals surface area contributed by atoms with Crippen molar-refractivity contribution in [2.24, 2.45) is 0 Å². The van der Waals surface area contributed by atoms with Gasteiger partial charge < -0.3 is 15.4 Å². The van der Waals surface area contributed by atoms with E-state index in [2.05, 4.69) is 15.7 Å². The Hall–Kier alpha value is -2.38. The molecule has 1 unspecified atom stereocenters. The fraction of sp³-hybridized carbons (Fsp3) is 0.294. The number of aromatic nitrogens is 2. The van der Waals surface area contributed by atoms with Gasteiger partial charge in [0.1, 0.15) is 10.9 Å². The van der Waals surface area contributed by atoms with Crippen LogP contribution in [0.15, 0.2) is 36.4 Å². The topological polar surface area (TPSA) is 68.2 Å². The van der Waals surface area contributed by atoms with Crippen molar-refractivity contribution in [2.45, 2.75) is 12.5 Å². The monoisotopic (exact) mass is 342 g/mol. The molecule has 0 aliphatic carbocycles. The van der Waals surface area contributed by atoms with Gasteiger partial charge in [-0.15, -0.1) is 16.4 Å². The van der Waals surface area contributed by atoms with Crippen LogP contribution >= 0.6 is 11.3 Å². The van der Waals surface area contributed by atoms with Crippen molar-refractivity contribution in [3.63, 3.8) is 0 Å². The second-order valence-corrected chi connectivity index (χ2v) is 6.72. The van der Waals surface area contributed by atoms with Crippen LogP contribution in [0.1, 0.15) is 16.1 Å². The molecule has 124 valence electrons. The molecular formula is C17H18N4O2S. The Balaban J connectivity index is 1.82. The highest BCUT2D eigenvalue weighted by Crippen LogP contribution is 2.35. The van der Waals surface area contributed by atoms with Gasteiger partial charge in [0.15, 0.2) is 0 Å². The first-order valence-corrected chi connectivity index (χ1v) is 8.75. The van der Waals surface area contributed by atoms with Gasteiger partial charge in [0.25, 0.3) is 5.91 Å². The van der Waals surface area contributed by atoms with E-state index < -0.39 is 0 Å². The third kappa shape index (κ3) is 2.65. The molecular weight excluding hydrogens is 324 g/mol. The molecule has 0 saturated carbocycles. The summed E-state index contributed by atoms with van der Waals surface area (Å²) < 4.78 is 7.95.